The predicted molar refractivity (Wildman–Crippen MR) is 119 cm³/mol. The van der Waals surface area contributed by atoms with Crippen molar-refractivity contribution in [3.8, 4) is 11.5 Å². The minimum absolute atomic E-state index is 0.495. The fraction of sp³-hybridized carbons (Fsp3) is 0.125. The van der Waals surface area contributed by atoms with Gasteiger partial charge in [-0.05, 0) is 42.7 Å². The van der Waals surface area contributed by atoms with Crippen molar-refractivity contribution in [2.45, 2.75) is 12.8 Å². The molecule has 0 atom stereocenters. The molecule has 1 aromatic heterocycles. The summed E-state index contributed by atoms with van der Waals surface area (Å²) in [5.74, 6) is 2.57. The molecule has 4 aromatic rings. The van der Waals surface area contributed by atoms with Gasteiger partial charge < -0.3 is 15.4 Å². The molecule has 2 N–H and O–H groups in total. The van der Waals surface area contributed by atoms with Crippen molar-refractivity contribution in [2.24, 2.45) is 0 Å². The summed E-state index contributed by atoms with van der Waals surface area (Å²) in [5.41, 5.74) is 2.13. The maximum atomic E-state index is 5.99. The largest absolute Gasteiger partial charge is 0.455 e. The van der Waals surface area contributed by atoms with Gasteiger partial charge in [-0.3, -0.25) is 0 Å². The summed E-state index contributed by atoms with van der Waals surface area (Å²) in [6.07, 6.45) is 3.58. The third kappa shape index (κ3) is 5.54. The molecule has 0 saturated carbocycles. The van der Waals surface area contributed by atoms with Gasteiger partial charge in [0.1, 0.15) is 5.75 Å². The zero-order valence-corrected chi connectivity index (χ0v) is 16.5. The molecule has 0 unspecified atom stereocenters. The first-order valence-electron chi connectivity index (χ1n) is 9.93. The zero-order chi connectivity index (χ0) is 20.4. The fourth-order valence-corrected chi connectivity index (χ4v) is 2.99. The highest BCUT2D eigenvalue weighted by Crippen LogP contribution is 2.30. The van der Waals surface area contributed by atoms with Crippen LogP contribution in [0.15, 0.2) is 91.1 Å². The highest BCUT2D eigenvalue weighted by atomic mass is 16.5. The Hall–Kier alpha value is -3.93. The molecule has 30 heavy (non-hydrogen) atoms. The van der Waals surface area contributed by atoms with E-state index in [1.54, 1.807) is 6.20 Å². The van der Waals surface area contributed by atoms with Crippen LogP contribution < -0.4 is 15.4 Å². The highest BCUT2D eigenvalue weighted by molar-refractivity contribution is 5.64. The van der Waals surface area contributed by atoms with Crippen molar-refractivity contribution in [3.05, 3.63) is 96.7 Å². The number of nitrogens with one attached hydrogen (secondary N) is 2. The van der Waals surface area contributed by atoms with Crippen LogP contribution in [0.25, 0.3) is 0 Å². The van der Waals surface area contributed by atoms with Crippen LogP contribution in [0.4, 0.5) is 17.5 Å². The number of benzene rings is 3. The summed E-state index contributed by atoms with van der Waals surface area (Å²) in [4.78, 5) is 4.51. The van der Waals surface area contributed by atoms with E-state index in [4.69, 9.17) is 4.74 Å². The molecule has 0 aliphatic rings. The van der Waals surface area contributed by atoms with E-state index in [0.717, 1.165) is 30.8 Å². The van der Waals surface area contributed by atoms with Crippen LogP contribution in [0, 0.1) is 0 Å². The Balaban J connectivity index is 1.36. The Morgan fingerprint density at radius 1 is 0.800 bits per heavy atom. The van der Waals surface area contributed by atoms with Gasteiger partial charge in [0.05, 0.1) is 11.9 Å². The summed E-state index contributed by atoms with van der Waals surface area (Å²) in [7, 11) is 0. The number of nitrogens with zero attached hydrogens (tertiary/aromatic N) is 3. The minimum atomic E-state index is 0.495. The molecular weight excluding hydrogens is 374 g/mol. The van der Waals surface area contributed by atoms with Crippen LogP contribution >= 0.6 is 0 Å². The van der Waals surface area contributed by atoms with E-state index in [0.29, 0.717) is 17.5 Å². The molecule has 0 radical (unpaired) electrons. The van der Waals surface area contributed by atoms with Gasteiger partial charge in [-0.1, -0.05) is 60.7 Å². The topological polar surface area (TPSA) is 72.0 Å². The standard InChI is InChI=1S/C24H23N5O/c1-3-10-19(11-4-1)12-9-17-25-24-28-23(18-26-29-24)27-21-15-7-8-16-22(21)30-20-13-5-2-6-14-20/h1-8,10-11,13-16,18H,9,12,17H2,(H2,25,27,28,29). The molecule has 0 amide bonds. The van der Waals surface area contributed by atoms with Crippen LogP contribution in [0.1, 0.15) is 12.0 Å². The van der Waals surface area contributed by atoms with E-state index >= 15 is 0 Å². The Morgan fingerprint density at radius 2 is 1.53 bits per heavy atom. The zero-order valence-electron chi connectivity index (χ0n) is 16.5. The maximum Gasteiger partial charge on any atom is 0.244 e. The Kier molecular flexibility index (Phi) is 6.48. The molecule has 1 heterocycles. The van der Waals surface area contributed by atoms with Gasteiger partial charge in [0.15, 0.2) is 11.6 Å². The fourth-order valence-electron chi connectivity index (χ4n) is 2.99. The lowest BCUT2D eigenvalue weighted by Gasteiger charge is -2.12. The van der Waals surface area contributed by atoms with Gasteiger partial charge in [0.2, 0.25) is 5.95 Å². The van der Waals surface area contributed by atoms with Crippen molar-refractivity contribution in [1.82, 2.24) is 15.2 Å². The van der Waals surface area contributed by atoms with E-state index < -0.39 is 0 Å². The van der Waals surface area contributed by atoms with E-state index in [2.05, 4.69) is 50.1 Å². The molecule has 150 valence electrons. The lowest BCUT2D eigenvalue weighted by atomic mass is 10.1. The summed E-state index contributed by atoms with van der Waals surface area (Å²) in [5, 5.41) is 14.6. The average molecular weight is 397 g/mol. The van der Waals surface area contributed by atoms with E-state index in [9.17, 15) is 0 Å². The van der Waals surface area contributed by atoms with Crippen LogP contribution in [0.5, 0.6) is 11.5 Å². The van der Waals surface area contributed by atoms with Gasteiger partial charge in [0, 0.05) is 6.54 Å². The number of anilines is 3. The number of hydrogen-bond donors (Lipinski definition) is 2. The van der Waals surface area contributed by atoms with Crippen molar-refractivity contribution >= 4 is 17.5 Å². The second kappa shape index (κ2) is 10.0. The molecule has 3 aromatic carbocycles. The van der Waals surface area contributed by atoms with Crippen molar-refractivity contribution in [3.63, 3.8) is 0 Å². The number of aryl methyl sites for hydroxylation is 1. The normalized spacial score (nSPS) is 10.4. The highest BCUT2D eigenvalue weighted by Gasteiger charge is 2.07. The Morgan fingerprint density at radius 3 is 2.37 bits per heavy atom. The Labute approximate surface area is 176 Å². The number of hydrogen-bond acceptors (Lipinski definition) is 6. The SMILES string of the molecule is c1ccc(CCCNc2nncc(Nc3ccccc3Oc3ccccc3)n2)cc1. The lowest BCUT2D eigenvalue weighted by molar-refractivity contribution is 0.485. The molecule has 6 nitrogen and oxygen atoms in total. The van der Waals surface area contributed by atoms with Crippen molar-refractivity contribution in [2.75, 3.05) is 17.2 Å². The van der Waals surface area contributed by atoms with Crippen LogP contribution in [-0.2, 0) is 6.42 Å². The monoisotopic (exact) mass is 397 g/mol. The summed E-state index contributed by atoms with van der Waals surface area (Å²) >= 11 is 0. The second-order valence-corrected chi connectivity index (χ2v) is 6.72. The van der Waals surface area contributed by atoms with Crippen LogP contribution in [0.3, 0.4) is 0 Å². The first kappa shape index (κ1) is 19.4. The van der Waals surface area contributed by atoms with E-state index in [1.807, 2.05) is 60.7 Å². The second-order valence-electron chi connectivity index (χ2n) is 6.72. The number of para-hydroxylation sites is 3. The maximum absolute atomic E-state index is 5.99. The average Bonchev–Trinajstić information content (AvgIpc) is 2.80. The third-order valence-corrected chi connectivity index (χ3v) is 4.45. The quantitative estimate of drug-likeness (QED) is 0.366. The van der Waals surface area contributed by atoms with Gasteiger partial charge in [-0.2, -0.15) is 10.1 Å². The van der Waals surface area contributed by atoms with E-state index in [-0.39, 0.29) is 0 Å². The molecule has 0 fully saturated rings. The smallest absolute Gasteiger partial charge is 0.244 e. The van der Waals surface area contributed by atoms with Crippen molar-refractivity contribution < 1.29 is 4.74 Å². The lowest BCUT2D eigenvalue weighted by Crippen LogP contribution is -2.08. The third-order valence-electron chi connectivity index (χ3n) is 4.45. The molecule has 0 saturated heterocycles. The Bertz CT molecular complexity index is 1060. The summed E-state index contributed by atoms with van der Waals surface area (Å²) in [6.45, 7) is 0.772. The van der Waals surface area contributed by atoms with Gasteiger partial charge in [-0.25, -0.2) is 0 Å². The van der Waals surface area contributed by atoms with E-state index in [1.165, 1.54) is 5.56 Å². The predicted octanol–water partition coefficient (Wildman–Crippen LogP) is 5.45. The minimum Gasteiger partial charge on any atom is -0.455 e. The molecule has 0 aliphatic heterocycles. The van der Waals surface area contributed by atoms with Gasteiger partial charge >= 0.3 is 0 Å². The molecule has 0 spiro atoms. The number of ether oxygens (including phenoxy) is 1. The molecule has 0 bridgehead atoms. The van der Waals surface area contributed by atoms with Crippen LogP contribution in [0.2, 0.25) is 0 Å². The molecular formula is C24H23N5O. The van der Waals surface area contributed by atoms with Gasteiger partial charge in [-0.15, -0.1) is 5.10 Å². The first-order chi connectivity index (χ1) is 14.9. The molecule has 0 aliphatic carbocycles. The molecule has 4 rings (SSSR count). The van der Waals surface area contributed by atoms with Crippen LogP contribution in [-0.4, -0.2) is 21.7 Å². The van der Waals surface area contributed by atoms with Gasteiger partial charge in [0.25, 0.3) is 0 Å². The number of aromatic nitrogens is 3. The van der Waals surface area contributed by atoms with Crippen molar-refractivity contribution in [1.29, 1.82) is 0 Å². The summed E-state index contributed by atoms with van der Waals surface area (Å²) < 4.78 is 5.99. The number of rotatable bonds is 9. The summed E-state index contributed by atoms with van der Waals surface area (Å²) in [6, 6.07) is 27.8. The first-order valence-corrected chi connectivity index (χ1v) is 9.93. The molecule has 6 heteroatoms.